The highest BCUT2D eigenvalue weighted by molar-refractivity contribution is 5.79. The molecular weight excluding hydrogens is 386 g/mol. The number of allylic oxidation sites excluding steroid dienone is 2. The van der Waals surface area contributed by atoms with Crippen LogP contribution >= 0.6 is 0 Å². The summed E-state index contributed by atoms with van der Waals surface area (Å²) in [4.78, 5) is 27.3. The van der Waals surface area contributed by atoms with E-state index in [2.05, 4.69) is 52.9 Å². The number of rotatable bonds is 6. The summed E-state index contributed by atoms with van der Waals surface area (Å²) in [5.41, 5.74) is 3.91. The van der Waals surface area contributed by atoms with E-state index in [0.717, 1.165) is 64.5 Å². The maximum atomic E-state index is 12.7. The fourth-order valence-corrected chi connectivity index (χ4v) is 5.33. The highest BCUT2D eigenvalue weighted by atomic mass is 16.2. The van der Waals surface area contributed by atoms with Crippen LogP contribution in [0.5, 0.6) is 0 Å². The summed E-state index contributed by atoms with van der Waals surface area (Å²) < 4.78 is 0. The van der Waals surface area contributed by atoms with Crippen LogP contribution in [-0.4, -0.2) is 32.0 Å². The first-order valence-electron chi connectivity index (χ1n) is 12.1. The van der Waals surface area contributed by atoms with E-state index in [0.29, 0.717) is 12.5 Å². The molecule has 1 fully saturated rings. The minimum absolute atomic E-state index is 0.110. The summed E-state index contributed by atoms with van der Waals surface area (Å²) in [6, 6.07) is 6.59. The molecule has 1 atom stereocenters. The zero-order valence-corrected chi connectivity index (χ0v) is 18.9. The molecule has 0 bridgehead atoms. The van der Waals surface area contributed by atoms with Crippen molar-refractivity contribution in [2.45, 2.75) is 64.3 Å². The number of nitrogens with zero attached hydrogens (tertiary/aromatic N) is 1. The zero-order chi connectivity index (χ0) is 21.6. The van der Waals surface area contributed by atoms with Crippen molar-refractivity contribution in [3.63, 3.8) is 0 Å². The van der Waals surface area contributed by atoms with Crippen LogP contribution in [0, 0.1) is 17.8 Å². The Morgan fingerprint density at radius 1 is 1.00 bits per heavy atom. The van der Waals surface area contributed by atoms with Crippen molar-refractivity contribution in [1.29, 1.82) is 0 Å². The highest BCUT2D eigenvalue weighted by Crippen LogP contribution is 2.30. The number of nitrogens with one attached hydrogen (secondary N) is 2. The maximum Gasteiger partial charge on any atom is 0.223 e. The van der Waals surface area contributed by atoms with Crippen LogP contribution in [0.15, 0.2) is 30.4 Å². The molecule has 2 amide bonds. The third-order valence-electron chi connectivity index (χ3n) is 7.38. The van der Waals surface area contributed by atoms with Crippen LogP contribution < -0.4 is 15.5 Å². The Balaban J connectivity index is 1.17. The van der Waals surface area contributed by atoms with Crippen molar-refractivity contribution in [2.75, 3.05) is 25.0 Å². The predicted molar refractivity (Wildman–Crippen MR) is 125 cm³/mol. The molecule has 5 heteroatoms. The van der Waals surface area contributed by atoms with Crippen LogP contribution in [0.3, 0.4) is 0 Å². The van der Waals surface area contributed by atoms with Crippen LogP contribution in [0.1, 0.15) is 62.5 Å². The van der Waals surface area contributed by atoms with Gasteiger partial charge in [0.05, 0.1) is 0 Å². The lowest BCUT2D eigenvalue weighted by atomic mass is 9.81. The molecule has 1 aliphatic heterocycles. The number of aryl methyl sites for hydroxylation is 1. The van der Waals surface area contributed by atoms with Gasteiger partial charge in [-0.05, 0) is 80.9 Å². The van der Waals surface area contributed by atoms with Crippen molar-refractivity contribution < 1.29 is 9.59 Å². The minimum Gasteiger partial charge on any atom is -0.374 e. The first-order chi connectivity index (χ1) is 15.1. The van der Waals surface area contributed by atoms with E-state index in [1.807, 2.05) is 0 Å². The summed E-state index contributed by atoms with van der Waals surface area (Å²) in [6.07, 6.45) is 13.4. The van der Waals surface area contributed by atoms with Gasteiger partial charge in [0.15, 0.2) is 0 Å². The summed E-state index contributed by atoms with van der Waals surface area (Å²) in [7, 11) is 2.15. The second kappa shape index (κ2) is 10.3. The van der Waals surface area contributed by atoms with E-state index in [4.69, 9.17) is 0 Å². The molecule has 1 aromatic carbocycles. The number of hydrogen-bond donors (Lipinski definition) is 2. The fraction of sp³-hybridized carbons (Fsp3) is 0.615. The van der Waals surface area contributed by atoms with E-state index in [1.54, 1.807) is 0 Å². The Hall–Kier alpha value is -2.30. The molecule has 2 N–H and O–H groups in total. The Labute approximate surface area is 186 Å². The number of amides is 2. The van der Waals surface area contributed by atoms with Gasteiger partial charge in [-0.15, -0.1) is 0 Å². The number of carbonyl (C=O) groups is 2. The Bertz CT molecular complexity index is 811. The molecule has 0 spiro atoms. The average molecular weight is 424 g/mol. The van der Waals surface area contributed by atoms with Gasteiger partial charge >= 0.3 is 0 Å². The standard InChI is InChI=1S/C26H37N3O2/c1-29-15-5-8-23-16-20(11-14-24(23)29)18-28-26(31)22-12-9-19(10-13-22)17-27-25(30)21-6-3-2-4-7-21/h2-3,11,14,16,19,21-22H,4-10,12-13,15,17-18H2,1H3,(H,27,30)(H,28,31)/t19?,21-,22?/m0/s1. The molecule has 1 saturated carbocycles. The third kappa shape index (κ3) is 5.69. The number of hydrogen-bond acceptors (Lipinski definition) is 3. The van der Waals surface area contributed by atoms with Crippen LogP contribution in [-0.2, 0) is 22.6 Å². The SMILES string of the molecule is CN1CCCc2cc(CNC(=O)C3CCC(CNC(=O)[C@H]4CC=CCC4)CC3)ccc21. The van der Waals surface area contributed by atoms with E-state index in [-0.39, 0.29) is 23.7 Å². The predicted octanol–water partition coefficient (Wildman–Crippen LogP) is 3.96. The van der Waals surface area contributed by atoms with Crippen LogP contribution in [0.4, 0.5) is 5.69 Å². The smallest absolute Gasteiger partial charge is 0.223 e. The van der Waals surface area contributed by atoms with Gasteiger partial charge in [0, 0.05) is 44.2 Å². The number of carbonyl (C=O) groups excluding carboxylic acids is 2. The molecule has 5 nitrogen and oxygen atoms in total. The summed E-state index contributed by atoms with van der Waals surface area (Å²) in [5.74, 6) is 1.16. The highest BCUT2D eigenvalue weighted by Gasteiger charge is 2.27. The first kappa shape index (κ1) is 21.9. The van der Waals surface area contributed by atoms with Gasteiger partial charge in [-0.1, -0.05) is 24.3 Å². The lowest BCUT2D eigenvalue weighted by Gasteiger charge is -2.29. The monoisotopic (exact) mass is 423 g/mol. The van der Waals surface area contributed by atoms with Gasteiger partial charge in [-0.3, -0.25) is 9.59 Å². The topological polar surface area (TPSA) is 61.4 Å². The molecular formula is C26H37N3O2. The molecule has 0 unspecified atom stereocenters. The van der Waals surface area contributed by atoms with Crippen molar-refractivity contribution >= 4 is 17.5 Å². The van der Waals surface area contributed by atoms with Crippen LogP contribution in [0.25, 0.3) is 0 Å². The Kier molecular flexibility index (Phi) is 7.31. The van der Waals surface area contributed by atoms with E-state index < -0.39 is 0 Å². The van der Waals surface area contributed by atoms with E-state index in [9.17, 15) is 9.59 Å². The van der Waals surface area contributed by atoms with Crippen molar-refractivity contribution in [3.8, 4) is 0 Å². The van der Waals surface area contributed by atoms with E-state index in [1.165, 1.54) is 23.2 Å². The number of anilines is 1. The van der Waals surface area contributed by atoms with E-state index >= 15 is 0 Å². The molecule has 1 aromatic rings. The zero-order valence-electron chi connectivity index (χ0n) is 18.9. The maximum absolute atomic E-state index is 12.7. The molecule has 1 heterocycles. The Morgan fingerprint density at radius 2 is 1.81 bits per heavy atom. The van der Waals surface area contributed by atoms with Gasteiger partial charge < -0.3 is 15.5 Å². The lowest BCUT2D eigenvalue weighted by Crippen LogP contribution is -2.38. The third-order valence-corrected chi connectivity index (χ3v) is 7.38. The summed E-state index contributed by atoms with van der Waals surface area (Å²) >= 11 is 0. The molecule has 2 aliphatic carbocycles. The lowest BCUT2D eigenvalue weighted by molar-refractivity contribution is -0.127. The van der Waals surface area contributed by atoms with Crippen molar-refractivity contribution in [2.24, 2.45) is 17.8 Å². The molecule has 31 heavy (non-hydrogen) atoms. The molecule has 168 valence electrons. The average Bonchev–Trinajstić information content (AvgIpc) is 2.82. The second-order valence-electron chi connectivity index (χ2n) is 9.65. The van der Waals surface area contributed by atoms with Gasteiger partial charge in [0.1, 0.15) is 0 Å². The van der Waals surface area contributed by atoms with Crippen LogP contribution in [0.2, 0.25) is 0 Å². The molecule has 0 aromatic heterocycles. The quantitative estimate of drug-likeness (QED) is 0.681. The minimum atomic E-state index is 0.110. The summed E-state index contributed by atoms with van der Waals surface area (Å²) in [5, 5.41) is 6.33. The molecule has 3 aliphatic rings. The van der Waals surface area contributed by atoms with Gasteiger partial charge in [0.2, 0.25) is 11.8 Å². The Morgan fingerprint density at radius 3 is 2.58 bits per heavy atom. The number of benzene rings is 1. The van der Waals surface area contributed by atoms with Gasteiger partial charge in [0.25, 0.3) is 0 Å². The fourth-order valence-electron chi connectivity index (χ4n) is 5.33. The molecule has 4 rings (SSSR count). The van der Waals surface area contributed by atoms with Crippen molar-refractivity contribution in [3.05, 3.63) is 41.5 Å². The summed E-state index contributed by atoms with van der Waals surface area (Å²) in [6.45, 7) is 2.49. The molecule has 0 saturated heterocycles. The molecule has 0 radical (unpaired) electrons. The van der Waals surface area contributed by atoms with Crippen molar-refractivity contribution in [1.82, 2.24) is 10.6 Å². The second-order valence-corrected chi connectivity index (χ2v) is 9.65. The van der Waals surface area contributed by atoms with Gasteiger partial charge in [-0.2, -0.15) is 0 Å². The first-order valence-corrected chi connectivity index (χ1v) is 12.1. The number of fused-ring (bicyclic) bond motifs is 1. The normalized spacial score (nSPS) is 25.6. The van der Waals surface area contributed by atoms with Gasteiger partial charge in [-0.25, -0.2) is 0 Å². The largest absolute Gasteiger partial charge is 0.374 e.